The third-order valence-electron chi connectivity index (χ3n) is 4.68. The van der Waals surface area contributed by atoms with Crippen molar-refractivity contribution in [1.82, 2.24) is 0 Å². The largest absolute Gasteiger partial charge is 0.459 e. The number of rotatable bonds is 15. The molecule has 0 aromatic rings. The van der Waals surface area contributed by atoms with Crippen molar-refractivity contribution in [2.75, 3.05) is 0 Å². The standard InChI is InChI=1S/C21H40O2/c1-6-9-11-12-13-14-15-17-20(23-21(22)18(4)5)19(8-3)16-10-7-2/h19-20H,4,6-17H2,1-3,5H3. The molecule has 2 heteroatoms. The highest BCUT2D eigenvalue weighted by Crippen LogP contribution is 2.25. The van der Waals surface area contributed by atoms with E-state index in [2.05, 4.69) is 27.4 Å². The normalized spacial score (nSPS) is 13.6. The Bertz CT molecular complexity index is 309. The predicted molar refractivity (Wildman–Crippen MR) is 101 cm³/mol. The van der Waals surface area contributed by atoms with Gasteiger partial charge in [-0.3, -0.25) is 0 Å². The monoisotopic (exact) mass is 324 g/mol. The van der Waals surface area contributed by atoms with Crippen LogP contribution < -0.4 is 0 Å². The first kappa shape index (κ1) is 22.2. The topological polar surface area (TPSA) is 26.3 Å². The number of carbonyl (C=O) groups excluding carboxylic acids is 1. The van der Waals surface area contributed by atoms with Gasteiger partial charge in [-0.05, 0) is 38.5 Å². The molecule has 0 aliphatic rings. The molecule has 0 rings (SSSR count). The summed E-state index contributed by atoms with van der Waals surface area (Å²) >= 11 is 0. The highest BCUT2D eigenvalue weighted by atomic mass is 16.5. The van der Waals surface area contributed by atoms with E-state index in [0.29, 0.717) is 11.5 Å². The molecule has 0 radical (unpaired) electrons. The van der Waals surface area contributed by atoms with Gasteiger partial charge >= 0.3 is 5.97 Å². The SMILES string of the molecule is C=C(C)C(=O)OC(CCCCCCCCC)C(CC)CCCC. The molecule has 0 fully saturated rings. The van der Waals surface area contributed by atoms with Crippen LogP contribution in [0, 0.1) is 5.92 Å². The van der Waals surface area contributed by atoms with Crippen LogP contribution in [0.15, 0.2) is 12.2 Å². The van der Waals surface area contributed by atoms with Gasteiger partial charge in [0.05, 0.1) is 0 Å². The number of ether oxygens (including phenoxy) is 1. The van der Waals surface area contributed by atoms with E-state index in [1.54, 1.807) is 6.92 Å². The zero-order valence-corrected chi connectivity index (χ0v) is 16.2. The Labute approximate surface area is 145 Å². The average molecular weight is 325 g/mol. The maximum Gasteiger partial charge on any atom is 0.333 e. The number of hydrogen-bond donors (Lipinski definition) is 0. The summed E-state index contributed by atoms with van der Waals surface area (Å²) in [5, 5.41) is 0. The Kier molecular flexibility index (Phi) is 14.3. The Balaban J connectivity index is 4.30. The second kappa shape index (κ2) is 14.8. The summed E-state index contributed by atoms with van der Waals surface area (Å²) in [5.74, 6) is 0.284. The molecule has 0 saturated carbocycles. The van der Waals surface area contributed by atoms with Crippen molar-refractivity contribution >= 4 is 5.97 Å². The lowest BCUT2D eigenvalue weighted by Crippen LogP contribution is -2.27. The summed E-state index contributed by atoms with van der Waals surface area (Å²) in [4.78, 5) is 11.9. The Morgan fingerprint density at radius 2 is 1.43 bits per heavy atom. The predicted octanol–water partition coefficient (Wildman–Crippen LogP) is 6.83. The molecule has 0 aliphatic heterocycles. The van der Waals surface area contributed by atoms with Gasteiger partial charge in [-0.25, -0.2) is 4.79 Å². The lowest BCUT2D eigenvalue weighted by Gasteiger charge is -2.26. The highest BCUT2D eigenvalue weighted by molar-refractivity contribution is 5.87. The second-order valence-electron chi connectivity index (χ2n) is 6.94. The van der Waals surface area contributed by atoms with Crippen LogP contribution in [0.3, 0.4) is 0 Å². The molecule has 2 nitrogen and oxygen atoms in total. The molecule has 0 spiro atoms. The number of carbonyl (C=O) groups is 1. The lowest BCUT2D eigenvalue weighted by molar-refractivity contribution is -0.147. The van der Waals surface area contributed by atoms with Crippen LogP contribution in [-0.4, -0.2) is 12.1 Å². The Hall–Kier alpha value is -0.790. The Morgan fingerprint density at radius 3 is 1.96 bits per heavy atom. The lowest BCUT2D eigenvalue weighted by atomic mass is 9.90. The van der Waals surface area contributed by atoms with E-state index in [9.17, 15) is 4.79 Å². The van der Waals surface area contributed by atoms with Gasteiger partial charge in [-0.1, -0.05) is 78.7 Å². The summed E-state index contributed by atoms with van der Waals surface area (Å²) in [5.41, 5.74) is 0.514. The highest BCUT2D eigenvalue weighted by Gasteiger charge is 2.23. The smallest absolute Gasteiger partial charge is 0.333 e. The van der Waals surface area contributed by atoms with Gasteiger partial charge in [0.25, 0.3) is 0 Å². The van der Waals surface area contributed by atoms with E-state index < -0.39 is 0 Å². The molecule has 136 valence electrons. The maximum atomic E-state index is 11.9. The van der Waals surface area contributed by atoms with Crippen molar-refractivity contribution in [2.24, 2.45) is 5.92 Å². The van der Waals surface area contributed by atoms with Crippen LogP contribution in [0.1, 0.15) is 105 Å². The van der Waals surface area contributed by atoms with Crippen molar-refractivity contribution in [2.45, 2.75) is 111 Å². The van der Waals surface area contributed by atoms with Crippen LogP contribution in [0.4, 0.5) is 0 Å². The molecule has 0 aromatic heterocycles. The van der Waals surface area contributed by atoms with E-state index in [-0.39, 0.29) is 12.1 Å². The summed E-state index contributed by atoms with van der Waals surface area (Å²) < 4.78 is 5.77. The average Bonchev–Trinajstić information content (AvgIpc) is 2.53. The van der Waals surface area contributed by atoms with E-state index in [4.69, 9.17) is 4.74 Å². The molecule has 0 aromatic carbocycles. The Morgan fingerprint density at radius 1 is 0.870 bits per heavy atom. The quantitative estimate of drug-likeness (QED) is 0.187. The third-order valence-corrected chi connectivity index (χ3v) is 4.68. The maximum absolute atomic E-state index is 11.9. The van der Waals surface area contributed by atoms with E-state index in [1.807, 2.05) is 0 Å². The zero-order chi connectivity index (χ0) is 17.5. The molecular formula is C21H40O2. The second-order valence-corrected chi connectivity index (χ2v) is 6.94. The zero-order valence-electron chi connectivity index (χ0n) is 16.2. The minimum absolute atomic E-state index is 0.0754. The fourth-order valence-corrected chi connectivity index (χ4v) is 3.05. The summed E-state index contributed by atoms with van der Waals surface area (Å²) in [7, 11) is 0. The fraction of sp³-hybridized carbons (Fsp3) is 0.857. The van der Waals surface area contributed by atoms with Gasteiger partial charge in [0.15, 0.2) is 0 Å². The van der Waals surface area contributed by atoms with Gasteiger partial charge < -0.3 is 4.74 Å². The summed E-state index contributed by atoms with van der Waals surface area (Å²) in [6.07, 6.45) is 14.9. The first-order valence-electron chi connectivity index (χ1n) is 9.93. The minimum Gasteiger partial charge on any atom is -0.459 e. The van der Waals surface area contributed by atoms with Crippen molar-refractivity contribution in [3.8, 4) is 0 Å². The first-order valence-corrected chi connectivity index (χ1v) is 9.93. The summed E-state index contributed by atoms with van der Waals surface area (Å²) in [6.45, 7) is 12.1. The van der Waals surface area contributed by atoms with Crippen LogP contribution in [-0.2, 0) is 9.53 Å². The van der Waals surface area contributed by atoms with Gasteiger partial charge in [-0.15, -0.1) is 0 Å². The molecule has 23 heavy (non-hydrogen) atoms. The molecule has 0 saturated heterocycles. The van der Waals surface area contributed by atoms with Crippen LogP contribution in [0.25, 0.3) is 0 Å². The first-order chi connectivity index (χ1) is 11.1. The van der Waals surface area contributed by atoms with Crippen molar-refractivity contribution in [3.05, 3.63) is 12.2 Å². The fourth-order valence-electron chi connectivity index (χ4n) is 3.05. The number of hydrogen-bond acceptors (Lipinski definition) is 2. The van der Waals surface area contributed by atoms with E-state index in [1.165, 1.54) is 57.8 Å². The van der Waals surface area contributed by atoms with Gasteiger partial charge in [0.1, 0.15) is 6.10 Å². The molecule has 0 N–H and O–H groups in total. The third kappa shape index (κ3) is 11.4. The molecular weight excluding hydrogens is 284 g/mol. The molecule has 0 aliphatic carbocycles. The molecule has 2 atom stereocenters. The van der Waals surface area contributed by atoms with Crippen LogP contribution in [0.5, 0.6) is 0 Å². The van der Waals surface area contributed by atoms with Crippen molar-refractivity contribution in [1.29, 1.82) is 0 Å². The van der Waals surface area contributed by atoms with Gasteiger partial charge in [-0.2, -0.15) is 0 Å². The van der Waals surface area contributed by atoms with Crippen LogP contribution in [0.2, 0.25) is 0 Å². The van der Waals surface area contributed by atoms with Crippen molar-refractivity contribution < 1.29 is 9.53 Å². The van der Waals surface area contributed by atoms with Gasteiger partial charge in [0, 0.05) is 5.57 Å². The number of unbranched alkanes of at least 4 members (excludes halogenated alkanes) is 7. The van der Waals surface area contributed by atoms with Crippen LogP contribution >= 0.6 is 0 Å². The van der Waals surface area contributed by atoms with Crippen molar-refractivity contribution in [3.63, 3.8) is 0 Å². The molecule has 0 bridgehead atoms. The number of esters is 1. The summed E-state index contributed by atoms with van der Waals surface area (Å²) in [6, 6.07) is 0. The van der Waals surface area contributed by atoms with E-state index >= 15 is 0 Å². The molecule has 0 amide bonds. The van der Waals surface area contributed by atoms with Gasteiger partial charge in [0.2, 0.25) is 0 Å². The van der Waals surface area contributed by atoms with E-state index in [0.717, 1.165) is 19.3 Å². The molecule has 0 heterocycles. The minimum atomic E-state index is -0.215. The molecule has 2 unspecified atom stereocenters.